The lowest BCUT2D eigenvalue weighted by atomic mass is 10.2. The van der Waals surface area contributed by atoms with Gasteiger partial charge in [0.25, 0.3) is 0 Å². The van der Waals surface area contributed by atoms with Gasteiger partial charge in [-0.05, 0) is 20.8 Å². The molecule has 1 atom stereocenters. The first-order valence-corrected chi connectivity index (χ1v) is 8.23. The SMILES string of the molecule is CC(C)(C)OC(=O)[C@H](N)COCCOCCOCCOCCC(=O)O. The Labute approximate surface area is 148 Å². The number of nitrogens with two attached hydrogens (primary N) is 1. The van der Waals surface area contributed by atoms with Crippen LogP contribution in [0.25, 0.3) is 0 Å². The molecule has 3 N–H and O–H groups in total. The molecule has 0 rings (SSSR count). The minimum absolute atomic E-state index is 0.0132. The van der Waals surface area contributed by atoms with Crippen molar-refractivity contribution in [2.45, 2.75) is 38.8 Å². The molecule has 0 aliphatic carbocycles. The largest absolute Gasteiger partial charge is 0.481 e. The van der Waals surface area contributed by atoms with Crippen LogP contribution in [0.2, 0.25) is 0 Å². The Balaban J connectivity index is 3.33. The maximum absolute atomic E-state index is 11.6. The molecule has 0 heterocycles. The van der Waals surface area contributed by atoms with Gasteiger partial charge in [0.15, 0.2) is 0 Å². The van der Waals surface area contributed by atoms with E-state index < -0.39 is 23.6 Å². The van der Waals surface area contributed by atoms with Gasteiger partial charge in [0.05, 0.1) is 59.3 Å². The topological polar surface area (TPSA) is 127 Å². The van der Waals surface area contributed by atoms with Crippen LogP contribution < -0.4 is 5.73 Å². The molecular weight excluding hydrogens is 334 g/mol. The first kappa shape index (κ1) is 23.7. The molecule has 0 fully saturated rings. The molecule has 0 saturated carbocycles. The van der Waals surface area contributed by atoms with E-state index in [9.17, 15) is 9.59 Å². The summed E-state index contributed by atoms with van der Waals surface area (Å²) in [5, 5.41) is 8.41. The van der Waals surface area contributed by atoms with Gasteiger partial charge in [0.1, 0.15) is 11.6 Å². The molecular formula is C16H31NO8. The molecule has 0 aliphatic heterocycles. The third-order valence-electron chi connectivity index (χ3n) is 2.58. The first-order valence-electron chi connectivity index (χ1n) is 8.23. The van der Waals surface area contributed by atoms with E-state index in [1.165, 1.54) is 0 Å². The number of hydrogen-bond acceptors (Lipinski definition) is 8. The molecule has 0 saturated heterocycles. The van der Waals surface area contributed by atoms with Gasteiger partial charge in [-0.1, -0.05) is 0 Å². The van der Waals surface area contributed by atoms with Crippen molar-refractivity contribution >= 4 is 11.9 Å². The van der Waals surface area contributed by atoms with E-state index in [1.807, 2.05) is 0 Å². The molecule has 0 aromatic rings. The number of aliphatic carboxylic acids is 1. The van der Waals surface area contributed by atoms with E-state index in [0.717, 1.165) is 0 Å². The zero-order valence-electron chi connectivity index (χ0n) is 15.3. The molecule has 9 nitrogen and oxygen atoms in total. The Morgan fingerprint density at radius 2 is 1.32 bits per heavy atom. The Hall–Kier alpha value is -1.26. The standard InChI is InChI=1S/C16H31NO8/c1-16(2,3)25-15(20)13(17)12-24-11-10-23-9-8-22-7-6-21-5-4-14(18)19/h13H,4-12,17H2,1-3H3,(H,18,19)/t13-/m1/s1. The lowest BCUT2D eigenvalue weighted by Crippen LogP contribution is -2.40. The summed E-state index contributed by atoms with van der Waals surface area (Å²) in [5.74, 6) is -1.38. The van der Waals surface area contributed by atoms with Crippen LogP contribution in [0.1, 0.15) is 27.2 Å². The highest BCUT2D eigenvalue weighted by atomic mass is 16.6. The number of carboxylic acids is 1. The minimum atomic E-state index is -0.886. The highest BCUT2D eigenvalue weighted by Gasteiger charge is 2.22. The predicted molar refractivity (Wildman–Crippen MR) is 89.3 cm³/mol. The zero-order valence-corrected chi connectivity index (χ0v) is 15.3. The van der Waals surface area contributed by atoms with Crippen LogP contribution >= 0.6 is 0 Å². The second-order valence-electron chi connectivity index (χ2n) is 6.20. The molecule has 0 aliphatic rings. The highest BCUT2D eigenvalue weighted by molar-refractivity contribution is 5.76. The summed E-state index contributed by atoms with van der Waals surface area (Å²) >= 11 is 0. The average molecular weight is 365 g/mol. The van der Waals surface area contributed by atoms with Gasteiger partial charge < -0.3 is 34.5 Å². The van der Waals surface area contributed by atoms with Gasteiger partial charge in [-0.3, -0.25) is 9.59 Å². The van der Waals surface area contributed by atoms with Crippen LogP contribution in [0.3, 0.4) is 0 Å². The fraction of sp³-hybridized carbons (Fsp3) is 0.875. The number of ether oxygens (including phenoxy) is 5. The number of carbonyl (C=O) groups is 2. The van der Waals surface area contributed by atoms with Gasteiger partial charge in [-0.15, -0.1) is 0 Å². The normalized spacial score (nSPS) is 12.8. The summed E-state index contributed by atoms with van der Waals surface area (Å²) < 4.78 is 26.0. The van der Waals surface area contributed by atoms with E-state index in [4.69, 9.17) is 34.5 Å². The van der Waals surface area contributed by atoms with E-state index in [0.29, 0.717) is 39.6 Å². The van der Waals surface area contributed by atoms with Crippen molar-refractivity contribution in [2.75, 3.05) is 52.9 Å². The number of carbonyl (C=O) groups excluding carboxylic acids is 1. The Kier molecular flexibility index (Phi) is 13.3. The third kappa shape index (κ3) is 17.4. The Morgan fingerprint density at radius 3 is 1.76 bits per heavy atom. The molecule has 0 amide bonds. The van der Waals surface area contributed by atoms with Crippen molar-refractivity contribution in [3.8, 4) is 0 Å². The Morgan fingerprint density at radius 1 is 0.880 bits per heavy atom. The smallest absolute Gasteiger partial charge is 0.325 e. The van der Waals surface area contributed by atoms with Gasteiger partial charge in [-0.25, -0.2) is 0 Å². The van der Waals surface area contributed by atoms with Crippen molar-refractivity contribution in [2.24, 2.45) is 5.73 Å². The molecule has 0 aromatic heterocycles. The van der Waals surface area contributed by atoms with Gasteiger partial charge in [-0.2, -0.15) is 0 Å². The van der Waals surface area contributed by atoms with Gasteiger partial charge in [0.2, 0.25) is 0 Å². The zero-order chi connectivity index (χ0) is 19.1. The van der Waals surface area contributed by atoms with Crippen LogP contribution in [-0.4, -0.2) is 81.5 Å². The van der Waals surface area contributed by atoms with Crippen LogP contribution in [-0.2, 0) is 33.3 Å². The number of carboxylic acid groups (broad SMARTS) is 1. The van der Waals surface area contributed by atoms with Gasteiger partial charge >= 0.3 is 11.9 Å². The number of esters is 1. The van der Waals surface area contributed by atoms with Crippen LogP contribution in [0.5, 0.6) is 0 Å². The second-order valence-corrected chi connectivity index (χ2v) is 6.20. The summed E-state index contributed by atoms with van der Waals surface area (Å²) in [7, 11) is 0. The molecule has 0 unspecified atom stereocenters. The lowest BCUT2D eigenvalue weighted by molar-refractivity contribution is -0.158. The fourth-order valence-corrected chi connectivity index (χ4v) is 1.48. The summed E-state index contributed by atoms with van der Waals surface area (Å²) in [6.45, 7) is 7.78. The predicted octanol–water partition coefficient (Wildman–Crippen LogP) is 0.197. The molecule has 148 valence electrons. The monoisotopic (exact) mass is 365 g/mol. The second kappa shape index (κ2) is 14.0. The third-order valence-corrected chi connectivity index (χ3v) is 2.58. The summed E-state index contributed by atoms with van der Waals surface area (Å²) in [5.41, 5.74) is 5.10. The van der Waals surface area contributed by atoms with E-state index >= 15 is 0 Å². The van der Waals surface area contributed by atoms with Crippen molar-refractivity contribution in [3.63, 3.8) is 0 Å². The summed E-state index contributed by atoms with van der Waals surface area (Å²) in [4.78, 5) is 21.8. The van der Waals surface area contributed by atoms with Gasteiger partial charge in [0, 0.05) is 0 Å². The molecule has 0 radical (unpaired) electrons. The van der Waals surface area contributed by atoms with Crippen molar-refractivity contribution in [3.05, 3.63) is 0 Å². The molecule has 25 heavy (non-hydrogen) atoms. The van der Waals surface area contributed by atoms with Crippen LogP contribution in [0.15, 0.2) is 0 Å². The Bertz CT molecular complexity index is 370. The maximum atomic E-state index is 11.6. The average Bonchev–Trinajstić information content (AvgIpc) is 2.49. The first-order chi connectivity index (χ1) is 11.7. The molecule has 0 spiro atoms. The van der Waals surface area contributed by atoms with Crippen molar-refractivity contribution in [1.82, 2.24) is 0 Å². The van der Waals surface area contributed by atoms with Crippen molar-refractivity contribution < 1.29 is 38.4 Å². The molecule has 0 aromatic carbocycles. The lowest BCUT2D eigenvalue weighted by Gasteiger charge is -2.22. The van der Waals surface area contributed by atoms with Crippen molar-refractivity contribution in [1.29, 1.82) is 0 Å². The number of rotatable bonds is 15. The maximum Gasteiger partial charge on any atom is 0.325 e. The fourth-order valence-electron chi connectivity index (χ4n) is 1.48. The summed E-state index contributed by atoms with van der Waals surface area (Å²) in [6.07, 6.45) is -0.0132. The number of hydrogen-bond donors (Lipinski definition) is 2. The molecule has 0 bridgehead atoms. The van der Waals surface area contributed by atoms with E-state index in [-0.39, 0.29) is 19.6 Å². The quantitative estimate of drug-likeness (QED) is 0.309. The minimum Gasteiger partial charge on any atom is -0.481 e. The van der Waals surface area contributed by atoms with Crippen LogP contribution in [0.4, 0.5) is 0 Å². The van der Waals surface area contributed by atoms with E-state index in [2.05, 4.69) is 0 Å². The highest BCUT2D eigenvalue weighted by Crippen LogP contribution is 2.07. The molecule has 9 heteroatoms. The van der Waals surface area contributed by atoms with E-state index in [1.54, 1.807) is 20.8 Å². The summed E-state index contributed by atoms with van der Waals surface area (Å²) in [6, 6.07) is -0.816. The van der Waals surface area contributed by atoms with Crippen LogP contribution in [0, 0.1) is 0 Å².